The predicted molar refractivity (Wildman–Crippen MR) is 93.7 cm³/mol. The van der Waals surface area contributed by atoms with Crippen molar-refractivity contribution < 1.29 is 14.3 Å². The van der Waals surface area contributed by atoms with Gasteiger partial charge >= 0.3 is 6.03 Å². The van der Waals surface area contributed by atoms with Gasteiger partial charge in [0.15, 0.2) is 0 Å². The number of amides is 2. The van der Waals surface area contributed by atoms with Gasteiger partial charge in [0.1, 0.15) is 11.4 Å². The maximum Gasteiger partial charge on any atom is 0.319 e. The number of nitrogens with one attached hydrogen (secondary N) is 2. The molecule has 6 heteroatoms. The summed E-state index contributed by atoms with van der Waals surface area (Å²) in [7, 11) is 1.64. The summed E-state index contributed by atoms with van der Waals surface area (Å²) in [5.41, 5.74) is 1.68. The number of methoxy groups -OCH3 is 1. The van der Waals surface area contributed by atoms with Crippen LogP contribution in [0.25, 0.3) is 0 Å². The van der Waals surface area contributed by atoms with Crippen LogP contribution in [0.5, 0.6) is 11.6 Å². The molecule has 0 bridgehead atoms. The topological polar surface area (TPSA) is 72.5 Å². The Kier molecular flexibility index (Phi) is 6.42. The van der Waals surface area contributed by atoms with Gasteiger partial charge in [0, 0.05) is 12.7 Å². The normalized spacial score (nSPS) is 10.3. The molecule has 0 saturated carbocycles. The van der Waals surface area contributed by atoms with Crippen molar-refractivity contribution in [2.24, 2.45) is 0 Å². The second-order valence-corrected chi connectivity index (χ2v) is 5.50. The zero-order valence-electron chi connectivity index (χ0n) is 14.2. The maximum atomic E-state index is 12.0. The lowest BCUT2D eigenvalue weighted by Crippen LogP contribution is -2.30. The molecule has 0 radical (unpaired) electrons. The van der Waals surface area contributed by atoms with Crippen LogP contribution in [-0.4, -0.2) is 30.8 Å². The van der Waals surface area contributed by atoms with Crippen LogP contribution in [0.1, 0.15) is 19.4 Å². The number of anilines is 1. The molecule has 2 N–H and O–H groups in total. The standard InChI is InChI=1S/C18H23N3O3/c1-13(2)24-17-16(5-4-11-19-17)21-18(22)20-12-10-14-6-8-15(23-3)9-7-14/h4-9,11,13H,10,12H2,1-3H3,(H2,20,21,22). The van der Waals surface area contributed by atoms with Gasteiger partial charge in [-0.2, -0.15) is 0 Å². The van der Waals surface area contributed by atoms with Gasteiger partial charge in [-0.1, -0.05) is 12.1 Å². The number of benzene rings is 1. The minimum absolute atomic E-state index is 0.0152. The minimum Gasteiger partial charge on any atom is -0.497 e. The van der Waals surface area contributed by atoms with E-state index in [-0.39, 0.29) is 12.1 Å². The van der Waals surface area contributed by atoms with Gasteiger partial charge in [0.2, 0.25) is 5.88 Å². The van der Waals surface area contributed by atoms with Gasteiger partial charge in [-0.15, -0.1) is 0 Å². The van der Waals surface area contributed by atoms with E-state index in [0.29, 0.717) is 18.1 Å². The third kappa shape index (κ3) is 5.46. The Morgan fingerprint density at radius 3 is 2.62 bits per heavy atom. The van der Waals surface area contributed by atoms with Crippen molar-refractivity contribution in [1.82, 2.24) is 10.3 Å². The van der Waals surface area contributed by atoms with Crippen molar-refractivity contribution >= 4 is 11.7 Å². The molecule has 2 rings (SSSR count). The fourth-order valence-corrected chi connectivity index (χ4v) is 2.08. The van der Waals surface area contributed by atoms with Gasteiger partial charge < -0.3 is 20.1 Å². The molecule has 0 aliphatic carbocycles. The van der Waals surface area contributed by atoms with Crippen molar-refractivity contribution in [3.05, 3.63) is 48.2 Å². The minimum atomic E-state index is -0.287. The number of carbonyl (C=O) groups is 1. The molecule has 24 heavy (non-hydrogen) atoms. The number of urea groups is 1. The summed E-state index contributed by atoms with van der Waals surface area (Å²) < 4.78 is 10.7. The summed E-state index contributed by atoms with van der Waals surface area (Å²) >= 11 is 0. The Bertz CT molecular complexity index is 657. The summed E-state index contributed by atoms with van der Waals surface area (Å²) in [6.07, 6.45) is 2.35. The number of aromatic nitrogens is 1. The summed E-state index contributed by atoms with van der Waals surface area (Å²) in [6, 6.07) is 11.0. The molecular weight excluding hydrogens is 306 g/mol. The van der Waals surface area contributed by atoms with E-state index in [1.807, 2.05) is 38.1 Å². The van der Waals surface area contributed by atoms with Crippen LogP contribution in [0, 0.1) is 0 Å². The monoisotopic (exact) mass is 329 g/mol. The number of hydrogen-bond acceptors (Lipinski definition) is 4. The van der Waals surface area contributed by atoms with E-state index in [0.717, 1.165) is 17.7 Å². The van der Waals surface area contributed by atoms with Gasteiger partial charge in [-0.05, 0) is 50.1 Å². The number of nitrogens with zero attached hydrogens (tertiary/aromatic N) is 1. The second-order valence-electron chi connectivity index (χ2n) is 5.50. The predicted octanol–water partition coefficient (Wildman–Crippen LogP) is 3.24. The van der Waals surface area contributed by atoms with Crippen molar-refractivity contribution in [2.45, 2.75) is 26.4 Å². The number of pyridine rings is 1. The van der Waals surface area contributed by atoms with Gasteiger partial charge in [-0.3, -0.25) is 0 Å². The Balaban J connectivity index is 1.83. The van der Waals surface area contributed by atoms with Crippen LogP contribution < -0.4 is 20.1 Å². The van der Waals surface area contributed by atoms with E-state index in [1.165, 1.54) is 0 Å². The van der Waals surface area contributed by atoms with E-state index in [1.54, 1.807) is 25.4 Å². The molecule has 1 aromatic carbocycles. The van der Waals surface area contributed by atoms with E-state index in [9.17, 15) is 4.79 Å². The first-order valence-electron chi connectivity index (χ1n) is 7.88. The highest BCUT2D eigenvalue weighted by atomic mass is 16.5. The fourth-order valence-electron chi connectivity index (χ4n) is 2.08. The van der Waals surface area contributed by atoms with Crippen LogP contribution >= 0.6 is 0 Å². The zero-order valence-corrected chi connectivity index (χ0v) is 14.2. The number of rotatable bonds is 7. The van der Waals surface area contributed by atoms with Crippen LogP contribution in [-0.2, 0) is 6.42 Å². The Morgan fingerprint density at radius 2 is 1.96 bits per heavy atom. The highest BCUT2D eigenvalue weighted by Crippen LogP contribution is 2.21. The first-order chi connectivity index (χ1) is 11.6. The SMILES string of the molecule is COc1ccc(CCNC(=O)Nc2cccnc2OC(C)C)cc1. The van der Waals surface area contributed by atoms with E-state index in [2.05, 4.69) is 15.6 Å². The number of carbonyl (C=O) groups excluding carboxylic acids is 1. The van der Waals surface area contributed by atoms with Crippen molar-refractivity contribution in [1.29, 1.82) is 0 Å². The quantitative estimate of drug-likeness (QED) is 0.818. The molecule has 2 aromatic rings. The summed E-state index contributed by atoms with van der Waals surface area (Å²) in [5.74, 6) is 1.23. The molecular formula is C18H23N3O3. The van der Waals surface area contributed by atoms with Crippen molar-refractivity contribution in [3.8, 4) is 11.6 Å². The first-order valence-corrected chi connectivity index (χ1v) is 7.88. The highest BCUT2D eigenvalue weighted by Gasteiger charge is 2.09. The molecule has 0 unspecified atom stereocenters. The zero-order chi connectivity index (χ0) is 17.4. The molecule has 0 atom stereocenters. The third-order valence-electron chi connectivity index (χ3n) is 3.22. The smallest absolute Gasteiger partial charge is 0.319 e. The van der Waals surface area contributed by atoms with Crippen molar-refractivity contribution in [3.63, 3.8) is 0 Å². The Labute approximate surface area is 142 Å². The lowest BCUT2D eigenvalue weighted by Gasteiger charge is -2.14. The molecule has 0 aliphatic rings. The van der Waals surface area contributed by atoms with E-state index < -0.39 is 0 Å². The van der Waals surface area contributed by atoms with Gasteiger partial charge in [-0.25, -0.2) is 9.78 Å². The van der Waals surface area contributed by atoms with Gasteiger partial charge in [0.25, 0.3) is 0 Å². The van der Waals surface area contributed by atoms with Gasteiger partial charge in [0.05, 0.1) is 13.2 Å². The molecule has 1 heterocycles. The number of ether oxygens (including phenoxy) is 2. The second kappa shape index (κ2) is 8.76. The van der Waals surface area contributed by atoms with E-state index >= 15 is 0 Å². The number of hydrogen-bond donors (Lipinski definition) is 2. The largest absolute Gasteiger partial charge is 0.497 e. The maximum absolute atomic E-state index is 12.0. The van der Waals surface area contributed by atoms with Crippen LogP contribution in [0.2, 0.25) is 0 Å². The summed E-state index contributed by atoms with van der Waals surface area (Å²) in [4.78, 5) is 16.2. The molecule has 0 saturated heterocycles. The Hall–Kier alpha value is -2.76. The average Bonchev–Trinajstić information content (AvgIpc) is 2.57. The molecule has 2 amide bonds. The first kappa shape index (κ1) is 17.6. The molecule has 1 aromatic heterocycles. The molecule has 0 fully saturated rings. The van der Waals surface area contributed by atoms with Crippen molar-refractivity contribution in [2.75, 3.05) is 19.0 Å². The van der Waals surface area contributed by atoms with Crippen LogP contribution in [0.4, 0.5) is 10.5 Å². The Morgan fingerprint density at radius 1 is 1.21 bits per heavy atom. The molecule has 0 aliphatic heterocycles. The van der Waals surface area contributed by atoms with E-state index in [4.69, 9.17) is 9.47 Å². The summed E-state index contributed by atoms with van der Waals surface area (Å²) in [6.45, 7) is 4.35. The molecule has 0 spiro atoms. The summed E-state index contributed by atoms with van der Waals surface area (Å²) in [5, 5.41) is 5.59. The average molecular weight is 329 g/mol. The molecule has 6 nitrogen and oxygen atoms in total. The molecule has 128 valence electrons. The lowest BCUT2D eigenvalue weighted by molar-refractivity contribution is 0.233. The van der Waals surface area contributed by atoms with Crippen LogP contribution in [0.15, 0.2) is 42.6 Å². The lowest BCUT2D eigenvalue weighted by atomic mass is 10.1. The highest BCUT2D eigenvalue weighted by molar-refractivity contribution is 5.90. The third-order valence-corrected chi connectivity index (χ3v) is 3.22. The van der Waals surface area contributed by atoms with Crippen LogP contribution in [0.3, 0.4) is 0 Å². The fraction of sp³-hybridized carbons (Fsp3) is 0.333.